The lowest BCUT2D eigenvalue weighted by Gasteiger charge is -2.21. The van der Waals surface area contributed by atoms with Crippen LogP contribution in [0, 0.1) is 10.1 Å². The molecule has 25 heavy (non-hydrogen) atoms. The molecule has 2 aromatic carbocycles. The summed E-state index contributed by atoms with van der Waals surface area (Å²) in [6, 6.07) is 6.12. The Balaban J connectivity index is 2.11. The van der Waals surface area contributed by atoms with Gasteiger partial charge < -0.3 is 4.74 Å². The zero-order valence-electron chi connectivity index (χ0n) is 12.7. The summed E-state index contributed by atoms with van der Waals surface area (Å²) in [5.74, 6) is -0.566. The molecule has 0 N–H and O–H groups in total. The Labute approximate surface area is 143 Å². The monoisotopic (exact) mass is 369 g/mol. The van der Waals surface area contributed by atoms with Crippen LogP contribution in [0.1, 0.15) is 27.0 Å². The smallest absolute Gasteiger partial charge is 0.416 e. The van der Waals surface area contributed by atoms with Gasteiger partial charge in [-0.2, -0.15) is 13.2 Å². The highest BCUT2D eigenvalue weighted by Crippen LogP contribution is 2.46. The molecule has 1 aliphatic heterocycles. The van der Waals surface area contributed by atoms with Crippen molar-refractivity contribution in [2.45, 2.75) is 22.4 Å². The number of nitro benzene ring substituents is 1. The third-order valence-electron chi connectivity index (χ3n) is 3.78. The number of methoxy groups -OCH3 is 1. The van der Waals surface area contributed by atoms with E-state index >= 15 is 0 Å². The summed E-state index contributed by atoms with van der Waals surface area (Å²) in [5, 5.41) is 11.2. The Bertz CT molecular complexity index is 896. The van der Waals surface area contributed by atoms with Crippen molar-refractivity contribution in [2.75, 3.05) is 7.11 Å². The van der Waals surface area contributed by atoms with Crippen LogP contribution in [0.3, 0.4) is 0 Å². The number of carbonyl (C=O) groups excluding carboxylic acids is 1. The van der Waals surface area contributed by atoms with E-state index in [9.17, 15) is 28.1 Å². The molecule has 0 spiro atoms. The SMILES string of the molecule is COC(=O)c1ccc2c(c1)Sc1cc(C(F)(F)F)cc([N+](=O)[O-])c1C2. The first-order valence-electron chi connectivity index (χ1n) is 6.98. The Hall–Kier alpha value is -2.55. The number of hydrogen-bond donors (Lipinski definition) is 0. The van der Waals surface area contributed by atoms with E-state index in [0.29, 0.717) is 16.5 Å². The van der Waals surface area contributed by atoms with Crippen molar-refractivity contribution < 1.29 is 27.6 Å². The minimum Gasteiger partial charge on any atom is -0.465 e. The highest BCUT2D eigenvalue weighted by atomic mass is 32.2. The molecule has 0 aromatic heterocycles. The predicted octanol–water partition coefficient (Wildman–Crippen LogP) is 4.46. The van der Waals surface area contributed by atoms with E-state index in [4.69, 9.17) is 0 Å². The van der Waals surface area contributed by atoms with Gasteiger partial charge in [0, 0.05) is 27.8 Å². The molecule has 5 nitrogen and oxygen atoms in total. The van der Waals surface area contributed by atoms with Crippen LogP contribution in [0.25, 0.3) is 0 Å². The van der Waals surface area contributed by atoms with Crippen LogP contribution >= 0.6 is 11.8 Å². The van der Waals surface area contributed by atoms with E-state index in [-0.39, 0.29) is 22.4 Å². The molecule has 0 saturated heterocycles. The second-order valence-corrected chi connectivity index (χ2v) is 6.40. The third-order valence-corrected chi connectivity index (χ3v) is 4.97. The average molecular weight is 369 g/mol. The summed E-state index contributed by atoms with van der Waals surface area (Å²) in [7, 11) is 1.23. The lowest BCUT2D eigenvalue weighted by atomic mass is 9.99. The number of nitro groups is 1. The maximum absolute atomic E-state index is 13.0. The van der Waals surface area contributed by atoms with Gasteiger partial charge in [-0.15, -0.1) is 0 Å². The Morgan fingerprint density at radius 1 is 1.24 bits per heavy atom. The molecule has 0 atom stereocenters. The fourth-order valence-corrected chi connectivity index (χ4v) is 3.76. The van der Waals surface area contributed by atoms with Gasteiger partial charge in [-0.1, -0.05) is 17.8 Å². The molecule has 0 unspecified atom stereocenters. The zero-order valence-corrected chi connectivity index (χ0v) is 13.5. The first-order chi connectivity index (χ1) is 11.7. The number of alkyl halides is 3. The van der Waals surface area contributed by atoms with Crippen molar-refractivity contribution in [3.63, 3.8) is 0 Å². The average Bonchev–Trinajstić information content (AvgIpc) is 2.56. The lowest BCUT2D eigenvalue weighted by molar-refractivity contribution is -0.386. The van der Waals surface area contributed by atoms with Crippen molar-refractivity contribution in [2.24, 2.45) is 0 Å². The third kappa shape index (κ3) is 3.19. The molecule has 2 aromatic rings. The predicted molar refractivity (Wildman–Crippen MR) is 82.8 cm³/mol. The Morgan fingerprint density at radius 2 is 1.96 bits per heavy atom. The standard InChI is InChI=1S/C16H10F3NO4S/c1-24-15(21)9-3-2-8-4-11-12(20(22)23)6-10(16(17,18)19)7-14(11)25-13(8)5-9/h2-3,5-7H,4H2,1H3. The van der Waals surface area contributed by atoms with Gasteiger partial charge in [0.2, 0.25) is 0 Å². The molecule has 0 aliphatic carbocycles. The van der Waals surface area contributed by atoms with Gasteiger partial charge in [-0.05, 0) is 23.8 Å². The van der Waals surface area contributed by atoms with Gasteiger partial charge in [0.25, 0.3) is 5.69 Å². The quantitative estimate of drug-likeness (QED) is 0.379. The maximum atomic E-state index is 13.0. The molecule has 0 fully saturated rings. The summed E-state index contributed by atoms with van der Waals surface area (Å²) in [5.41, 5.74) is -0.425. The fourth-order valence-electron chi connectivity index (χ4n) is 2.58. The van der Waals surface area contributed by atoms with E-state index in [1.165, 1.54) is 19.2 Å². The molecule has 130 valence electrons. The van der Waals surface area contributed by atoms with Gasteiger partial charge in [-0.3, -0.25) is 10.1 Å². The van der Waals surface area contributed by atoms with E-state index in [0.717, 1.165) is 17.8 Å². The number of carbonyl (C=O) groups is 1. The van der Waals surface area contributed by atoms with Crippen LogP contribution in [-0.2, 0) is 17.3 Å². The van der Waals surface area contributed by atoms with Gasteiger partial charge in [0.1, 0.15) is 0 Å². The van der Waals surface area contributed by atoms with Crippen LogP contribution in [0.4, 0.5) is 18.9 Å². The van der Waals surface area contributed by atoms with Crippen molar-refractivity contribution in [1.82, 2.24) is 0 Å². The normalized spacial score (nSPS) is 13.0. The summed E-state index contributed by atoms with van der Waals surface area (Å²) in [6.45, 7) is 0. The number of ether oxygens (including phenoxy) is 1. The van der Waals surface area contributed by atoms with Crippen LogP contribution in [-0.4, -0.2) is 18.0 Å². The number of benzene rings is 2. The largest absolute Gasteiger partial charge is 0.465 e. The first-order valence-corrected chi connectivity index (χ1v) is 7.80. The van der Waals surface area contributed by atoms with Crippen molar-refractivity contribution >= 4 is 23.4 Å². The molecule has 1 heterocycles. The van der Waals surface area contributed by atoms with Crippen molar-refractivity contribution in [3.05, 3.63) is 62.7 Å². The van der Waals surface area contributed by atoms with Crippen molar-refractivity contribution in [1.29, 1.82) is 0 Å². The van der Waals surface area contributed by atoms with Crippen LogP contribution in [0.2, 0.25) is 0 Å². The molecule has 1 aliphatic rings. The van der Waals surface area contributed by atoms with E-state index in [1.807, 2.05) is 0 Å². The molecule has 0 amide bonds. The topological polar surface area (TPSA) is 69.4 Å². The molecule has 0 saturated carbocycles. The van der Waals surface area contributed by atoms with Gasteiger partial charge in [0.05, 0.1) is 23.2 Å². The van der Waals surface area contributed by atoms with E-state index < -0.39 is 28.3 Å². The first kappa shape index (κ1) is 17.3. The maximum Gasteiger partial charge on any atom is 0.416 e. The summed E-state index contributed by atoms with van der Waals surface area (Å²) in [4.78, 5) is 22.8. The Kier molecular flexibility index (Phi) is 4.19. The fraction of sp³-hybridized carbons (Fsp3) is 0.188. The molecule has 3 rings (SSSR count). The highest BCUT2D eigenvalue weighted by molar-refractivity contribution is 7.99. The second-order valence-electron chi connectivity index (χ2n) is 5.32. The number of esters is 1. The molecule has 9 heteroatoms. The molecule has 0 bridgehead atoms. The number of nitrogens with zero attached hydrogens (tertiary/aromatic N) is 1. The highest BCUT2D eigenvalue weighted by Gasteiger charge is 2.36. The summed E-state index contributed by atoms with van der Waals surface area (Å²) >= 11 is 0.974. The van der Waals surface area contributed by atoms with E-state index in [1.54, 1.807) is 6.07 Å². The second kappa shape index (κ2) is 6.07. The number of halogens is 3. The Morgan fingerprint density at radius 3 is 2.56 bits per heavy atom. The van der Waals surface area contributed by atoms with Gasteiger partial charge in [0.15, 0.2) is 0 Å². The van der Waals surface area contributed by atoms with Crippen LogP contribution < -0.4 is 0 Å². The zero-order chi connectivity index (χ0) is 18.4. The van der Waals surface area contributed by atoms with Crippen LogP contribution in [0.5, 0.6) is 0 Å². The molecular formula is C16H10F3NO4S. The number of rotatable bonds is 2. The lowest BCUT2D eigenvalue weighted by Crippen LogP contribution is -2.11. The molecular weight excluding hydrogens is 359 g/mol. The van der Waals surface area contributed by atoms with Gasteiger partial charge in [-0.25, -0.2) is 4.79 Å². The minimum atomic E-state index is -4.69. The minimum absolute atomic E-state index is 0.119. The molecule has 0 radical (unpaired) electrons. The van der Waals surface area contributed by atoms with Crippen molar-refractivity contribution in [3.8, 4) is 0 Å². The van der Waals surface area contributed by atoms with Crippen LogP contribution in [0.15, 0.2) is 40.1 Å². The number of hydrogen-bond acceptors (Lipinski definition) is 5. The number of fused-ring (bicyclic) bond motifs is 2. The summed E-state index contributed by atoms with van der Waals surface area (Å²) < 4.78 is 43.7. The summed E-state index contributed by atoms with van der Waals surface area (Å²) in [6.07, 6.45) is -4.57. The van der Waals surface area contributed by atoms with Gasteiger partial charge >= 0.3 is 12.1 Å². The van der Waals surface area contributed by atoms with E-state index in [2.05, 4.69) is 4.74 Å².